The molecule has 1 amide bonds. The molecular formula is C31H21B5N8O2. The third-order valence-corrected chi connectivity index (χ3v) is 7.98. The van der Waals surface area contributed by atoms with Crippen LogP contribution >= 0.6 is 0 Å². The smallest absolute Gasteiger partial charge is 0.264 e. The average molecular weight is 592 g/mol. The molecule has 10 radical (unpaired) electrons. The molecule has 1 atom stereocenters. The van der Waals surface area contributed by atoms with Crippen molar-refractivity contribution in [3.05, 3.63) is 87.4 Å². The zero-order valence-electron chi connectivity index (χ0n) is 25.2. The molecule has 0 aliphatic rings. The number of aromatic nitrogens is 6. The number of aryl methyl sites for hydroxylation is 1. The Bertz CT molecular complexity index is 2340. The Morgan fingerprint density at radius 2 is 1.67 bits per heavy atom. The number of amides is 1. The van der Waals surface area contributed by atoms with E-state index >= 15 is 0 Å². The van der Waals surface area contributed by atoms with Gasteiger partial charge in [-0.1, -0.05) is 34.9 Å². The average Bonchev–Trinajstić information content (AvgIpc) is 3.55. The lowest BCUT2D eigenvalue weighted by molar-refractivity contribution is 0.0941. The first-order valence-corrected chi connectivity index (χ1v) is 14.0. The number of hydrogen-bond acceptors (Lipinski definition) is 6. The molecule has 0 fully saturated rings. The molecule has 10 nitrogen and oxygen atoms in total. The van der Waals surface area contributed by atoms with E-state index in [4.69, 9.17) is 45.0 Å². The van der Waals surface area contributed by atoms with Gasteiger partial charge in [-0.3, -0.25) is 18.8 Å². The molecule has 0 bridgehead atoms. The molecule has 15 heteroatoms. The predicted octanol–water partition coefficient (Wildman–Crippen LogP) is -2.48. The second kappa shape index (κ2) is 11.5. The quantitative estimate of drug-likeness (QED) is 0.173. The third-order valence-electron chi connectivity index (χ3n) is 7.98. The van der Waals surface area contributed by atoms with Crippen molar-refractivity contribution in [1.29, 1.82) is 0 Å². The van der Waals surface area contributed by atoms with Crippen molar-refractivity contribution in [2.75, 3.05) is 5.73 Å². The van der Waals surface area contributed by atoms with Crippen LogP contribution in [0.5, 0.6) is 0 Å². The van der Waals surface area contributed by atoms with Crippen LogP contribution in [0, 0.1) is 18.8 Å². The van der Waals surface area contributed by atoms with Crippen molar-refractivity contribution in [3.8, 4) is 17.5 Å². The molecule has 0 saturated heterocycles. The monoisotopic (exact) mass is 592 g/mol. The van der Waals surface area contributed by atoms with Crippen LogP contribution in [0.2, 0.25) is 0 Å². The van der Waals surface area contributed by atoms with Crippen molar-refractivity contribution < 1.29 is 4.79 Å². The topological polar surface area (TPSA) is 125 Å². The third kappa shape index (κ3) is 4.90. The van der Waals surface area contributed by atoms with Crippen molar-refractivity contribution in [3.63, 3.8) is 0 Å². The van der Waals surface area contributed by atoms with Gasteiger partial charge in [-0.25, -0.2) is 9.50 Å². The summed E-state index contributed by atoms with van der Waals surface area (Å²) < 4.78 is 4.39. The highest BCUT2D eigenvalue weighted by molar-refractivity contribution is 6.68. The fraction of sp³-hybridized carbons (Fsp3) is 0.129. The Morgan fingerprint density at radius 1 is 1.00 bits per heavy atom. The molecule has 1 unspecified atom stereocenters. The number of nitrogen functional groups attached to an aromatic ring is 1. The van der Waals surface area contributed by atoms with Gasteiger partial charge in [0.05, 0.1) is 28.9 Å². The van der Waals surface area contributed by atoms with Gasteiger partial charge in [0.2, 0.25) is 0 Å². The molecule has 2 aromatic carbocycles. The van der Waals surface area contributed by atoms with Crippen molar-refractivity contribution >= 4 is 94.7 Å². The Morgan fingerprint density at radius 3 is 2.35 bits per heavy atom. The Hall–Kier alpha value is -5.37. The van der Waals surface area contributed by atoms with Crippen LogP contribution in [0.25, 0.3) is 22.1 Å². The van der Waals surface area contributed by atoms with Gasteiger partial charge in [-0.15, -0.1) is 21.5 Å². The summed E-state index contributed by atoms with van der Waals surface area (Å²) in [6.07, 6.45) is 4.80. The molecule has 0 aliphatic heterocycles. The lowest BCUT2D eigenvalue weighted by Gasteiger charge is -2.27. The minimum Gasteiger partial charge on any atom is -0.381 e. The summed E-state index contributed by atoms with van der Waals surface area (Å²) in [5.74, 6) is 5.64. The SMILES string of the molecule is [B]c1c([B])c([B])c(-n2c(C(C)NC(=O)c3c(N)nn4cccnc34)cc3cccc(C#Cc4cnn(C)c4C)c3c2=O)c([B])c1[B]. The van der Waals surface area contributed by atoms with Crippen LogP contribution < -0.4 is 43.9 Å². The molecule has 0 aliphatic carbocycles. The number of fused-ring (bicyclic) bond motifs is 2. The lowest BCUT2D eigenvalue weighted by atomic mass is 9.61. The second-order valence-corrected chi connectivity index (χ2v) is 10.8. The number of anilines is 1. The number of nitrogens with two attached hydrogens (primary N) is 1. The largest absolute Gasteiger partial charge is 0.381 e. The zero-order chi connectivity index (χ0) is 33.0. The van der Waals surface area contributed by atoms with Crippen LogP contribution in [-0.4, -0.2) is 74.1 Å². The van der Waals surface area contributed by atoms with Crippen LogP contribution in [0.3, 0.4) is 0 Å². The van der Waals surface area contributed by atoms with Gasteiger partial charge in [0.1, 0.15) is 44.8 Å². The fourth-order valence-electron chi connectivity index (χ4n) is 5.33. The molecule has 6 rings (SSSR count). The number of pyridine rings is 1. The Balaban J connectivity index is 1.58. The lowest BCUT2D eigenvalue weighted by Crippen LogP contribution is -2.57. The summed E-state index contributed by atoms with van der Waals surface area (Å²) in [6.45, 7) is 3.59. The molecule has 3 N–H and O–H groups in total. The highest BCUT2D eigenvalue weighted by atomic mass is 16.2. The first-order chi connectivity index (χ1) is 21.9. The zero-order valence-corrected chi connectivity index (χ0v) is 25.2. The van der Waals surface area contributed by atoms with Gasteiger partial charge in [-0.05, 0) is 37.4 Å². The summed E-state index contributed by atoms with van der Waals surface area (Å²) >= 11 is 0. The maximum absolute atomic E-state index is 14.6. The van der Waals surface area contributed by atoms with E-state index in [-0.39, 0.29) is 55.4 Å². The van der Waals surface area contributed by atoms with E-state index in [2.05, 4.69) is 32.3 Å². The highest BCUT2D eigenvalue weighted by Crippen LogP contribution is 2.24. The van der Waals surface area contributed by atoms with Crippen LogP contribution in [0.1, 0.15) is 45.8 Å². The van der Waals surface area contributed by atoms with Crippen LogP contribution in [-0.2, 0) is 7.05 Å². The molecule has 4 heterocycles. The van der Waals surface area contributed by atoms with E-state index in [0.29, 0.717) is 22.2 Å². The summed E-state index contributed by atoms with van der Waals surface area (Å²) in [4.78, 5) is 32.5. The normalized spacial score (nSPS) is 11.8. The predicted molar refractivity (Wildman–Crippen MR) is 184 cm³/mol. The molecular weight excluding hydrogens is 570 g/mol. The van der Waals surface area contributed by atoms with E-state index in [0.717, 1.165) is 5.69 Å². The van der Waals surface area contributed by atoms with Gasteiger partial charge in [-0.2, -0.15) is 5.10 Å². The van der Waals surface area contributed by atoms with Crippen molar-refractivity contribution in [1.82, 2.24) is 34.3 Å². The number of benzene rings is 2. The summed E-state index contributed by atoms with van der Waals surface area (Å²) in [5.41, 5.74) is 8.05. The van der Waals surface area contributed by atoms with Gasteiger partial charge >= 0.3 is 0 Å². The number of nitrogens with one attached hydrogen (secondary N) is 1. The second-order valence-electron chi connectivity index (χ2n) is 10.8. The van der Waals surface area contributed by atoms with Gasteiger partial charge in [0, 0.05) is 36.4 Å². The molecule has 212 valence electrons. The Labute approximate surface area is 270 Å². The van der Waals surface area contributed by atoms with Crippen molar-refractivity contribution in [2.45, 2.75) is 19.9 Å². The summed E-state index contributed by atoms with van der Waals surface area (Å²) in [6, 6.07) is 7.86. The van der Waals surface area contributed by atoms with E-state index in [1.54, 1.807) is 54.3 Å². The van der Waals surface area contributed by atoms with Crippen LogP contribution in [0.15, 0.2) is 53.7 Å². The Kier molecular flexibility index (Phi) is 7.68. The van der Waals surface area contributed by atoms with Crippen LogP contribution in [0.4, 0.5) is 5.82 Å². The maximum Gasteiger partial charge on any atom is 0.264 e. The van der Waals surface area contributed by atoms with E-state index in [9.17, 15) is 9.59 Å². The number of carbonyl (C=O) groups excluding carboxylic acids is 1. The maximum atomic E-state index is 14.6. The summed E-state index contributed by atoms with van der Waals surface area (Å²) in [7, 11) is 33.2. The van der Waals surface area contributed by atoms with Gasteiger partial charge in [0.15, 0.2) is 11.5 Å². The fourth-order valence-corrected chi connectivity index (χ4v) is 5.33. The number of rotatable bonds is 4. The molecule has 6 aromatic rings. The van der Waals surface area contributed by atoms with Crippen molar-refractivity contribution in [2.24, 2.45) is 7.05 Å². The minimum absolute atomic E-state index is 0.00931. The van der Waals surface area contributed by atoms with E-state index < -0.39 is 17.5 Å². The molecule has 0 spiro atoms. The van der Waals surface area contributed by atoms with Gasteiger partial charge in [0.25, 0.3) is 11.5 Å². The number of carbonyl (C=O) groups is 1. The summed E-state index contributed by atoms with van der Waals surface area (Å²) in [5, 5.41) is 12.1. The molecule has 0 saturated carbocycles. The number of hydrogen-bond donors (Lipinski definition) is 2. The molecule has 4 aromatic heterocycles. The van der Waals surface area contributed by atoms with E-state index in [1.165, 1.54) is 15.3 Å². The van der Waals surface area contributed by atoms with E-state index in [1.807, 2.05) is 14.0 Å². The molecule has 46 heavy (non-hydrogen) atoms. The first kappa shape index (κ1) is 30.7. The standard InChI is InChI=1S/C31H21B5N8O2/c1-14(40-30(45)21-28(37)41-43-11-5-10-38-29(21)43)19-12-17-7-4-6-16(8-9-18-13-39-42(3)15(18)2)20(17)31(46)44(19)27-25(35)23(33)22(32)24(34)26(27)36/h4-7,10-14H,1-3H3,(H2,37,41)(H,40,45). The number of nitrogens with zero attached hydrogens (tertiary/aromatic N) is 6. The van der Waals surface area contributed by atoms with Gasteiger partial charge < -0.3 is 11.1 Å². The minimum atomic E-state index is -0.825. The highest BCUT2D eigenvalue weighted by Gasteiger charge is 2.25. The first-order valence-electron chi connectivity index (χ1n) is 14.0.